The van der Waals surface area contributed by atoms with Crippen molar-refractivity contribution in [1.29, 1.82) is 0 Å². The molecule has 1 aliphatic heterocycles. The van der Waals surface area contributed by atoms with Gasteiger partial charge in [0.05, 0.1) is 12.2 Å². The third-order valence-corrected chi connectivity index (χ3v) is 3.85. The van der Waals surface area contributed by atoms with Crippen LogP contribution in [0.2, 0.25) is 0 Å². The summed E-state index contributed by atoms with van der Waals surface area (Å²) < 4.78 is 6.30. The highest BCUT2D eigenvalue weighted by atomic mass is 16.5. The van der Waals surface area contributed by atoms with E-state index in [2.05, 4.69) is 31.3 Å². The zero-order chi connectivity index (χ0) is 11.2. The molecule has 2 heteroatoms. The number of hydrogen-bond acceptors (Lipinski definition) is 2. The molecule has 2 nitrogen and oxygen atoms in total. The largest absolute Gasteiger partial charge is 0.483 e. The Morgan fingerprint density at radius 2 is 1.94 bits per heavy atom. The van der Waals surface area contributed by atoms with Crippen LogP contribution in [0.5, 0.6) is 5.75 Å². The minimum atomic E-state index is 0.0903. The number of aryl methyl sites for hydroxylation is 2. The molecule has 1 fully saturated rings. The van der Waals surface area contributed by atoms with Crippen molar-refractivity contribution in [2.45, 2.75) is 45.1 Å². The van der Waals surface area contributed by atoms with Gasteiger partial charge in [0, 0.05) is 0 Å². The number of benzene rings is 1. The molecule has 1 N–H and O–H groups in total. The van der Waals surface area contributed by atoms with Crippen LogP contribution < -0.4 is 10.1 Å². The minimum Gasteiger partial charge on any atom is -0.483 e. The molecule has 2 aliphatic rings. The summed E-state index contributed by atoms with van der Waals surface area (Å²) in [6.07, 6.45) is 5.02. The summed E-state index contributed by atoms with van der Waals surface area (Å²) in [5.41, 5.74) is 3.82. The molecule has 1 aromatic carbocycles. The smallest absolute Gasteiger partial charge is 0.146 e. The molecule has 0 aromatic heterocycles. The summed E-state index contributed by atoms with van der Waals surface area (Å²) in [5.74, 6) is 1.08. The number of anilines is 1. The van der Waals surface area contributed by atoms with Gasteiger partial charge in [-0.25, -0.2) is 0 Å². The van der Waals surface area contributed by atoms with Gasteiger partial charge < -0.3 is 10.1 Å². The van der Waals surface area contributed by atoms with Gasteiger partial charge in [-0.2, -0.15) is 0 Å². The fourth-order valence-electron chi connectivity index (χ4n) is 3.03. The summed E-state index contributed by atoms with van der Waals surface area (Å²) in [5, 5.41) is 3.55. The number of rotatable bonds is 0. The first-order valence-electron chi connectivity index (χ1n) is 6.23. The van der Waals surface area contributed by atoms with E-state index < -0.39 is 0 Å². The molecule has 0 unspecified atom stereocenters. The van der Waals surface area contributed by atoms with E-state index in [4.69, 9.17) is 4.74 Å². The van der Waals surface area contributed by atoms with E-state index in [9.17, 15) is 0 Å². The molecular formula is C14H19NO. The van der Waals surface area contributed by atoms with Gasteiger partial charge in [0.25, 0.3) is 0 Å². The van der Waals surface area contributed by atoms with Crippen LogP contribution in [-0.2, 0) is 0 Å². The predicted octanol–water partition coefficient (Wildman–Crippen LogP) is 3.42. The van der Waals surface area contributed by atoms with Gasteiger partial charge >= 0.3 is 0 Å². The SMILES string of the molecule is Cc1cc(C)c2c(c1)NCC1(CCCC1)O2. The van der Waals surface area contributed by atoms with Crippen LogP contribution in [0.15, 0.2) is 12.1 Å². The Hall–Kier alpha value is -1.18. The Kier molecular flexibility index (Phi) is 2.13. The summed E-state index contributed by atoms with van der Waals surface area (Å²) in [6.45, 7) is 5.25. The maximum atomic E-state index is 6.30. The topological polar surface area (TPSA) is 21.3 Å². The van der Waals surface area contributed by atoms with E-state index in [0.717, 1.165) is 12.3 Å². The molecule has 1 saturated carbocycles. The van der Waals surface area contributed by atoms with Crippen LogP contribution in [0.4, 0.5) is 5.69 Å². The van der Waals surface area contributed by atoms with E-state index >= 15 is 0 Å². The van der Waals surface area contributed by atoms with Gasteiger partial charge in [-0.05, 0) is 56.7 Å². The van der Waals surface area contributed by atoms with Crippen LogP contribution in [0.25, 0.3) is 0 Å². The third kappa shape index (κ3) is 1.48. The van der Waals surface area contributed by atoms with E-state index in [0.29, 0.717) is 0 Å². The summed E-state index contributed by atoms with van der Waals surface area (Å²) in [4.78, 5) is 0. The maximum Gasteiger partial charge on any atom is 0.146 e. The number of hydrogen-bond donors (Lipinski definition) is 1. The Labute approximate surface area is 97.0 Å². The molecule has 0 radical (unpaired) electrons. The minimum absolute atomic E-state index is 0.0903. The third-order valence-electron chi connectivity index (χ3n) is 3.85. The molecule has 86 valence electrons. The van der Waals surface area contributed by atoms with Gasteiger partial charge in [0.15, 0.2) is 0 Å². The van der Waals surface area contributed by atoms with Gasteiger partial charge in [-0.3, -0.25) is 0 Å². The monoisotopic (exact) mass is 217 g/mol. The highest BCUT2D eigenvalue weighted by Crippen LogP contribution is 2.43. The summed E-state index contributed by atoms with van der Waals surface area (Å²) in [7, 11) is 0. The van der Waals surface area contributed by atoms with E-state index in [1.807, 2.05) is 0 Å². The number of fused-ring (bicyclic) bond motifs is 1. The van der Waals surface area contributed by atoms with Gasteiger partial charge in [-0.1, -0.05) is 6.07 Å². The van der Waals surface area contributed by atoms with Crippen molar-refractivity contribution < 1.29 is 4.74 Å². The molecule has 1 aromatic rings. The Balaban J connectivity index is 1.99. The second kappa shape index (κ2) is 3.41. The lowest BCUT2D eigenvalue weighted by molar-refractivity contribution is 0.0821. The maximum absolute atomic E-state index is 6.30. The van der Waals surface area contributed by atoms with Gasteiger partial charge in [0.1, 0.15) is 11.4 Å². The first-order valence-corrected chi connectivity index (χ1v) is 6.23. The lowest BCUT2D eigenvalue weighted by atomic mass is 9.98. The lowest BCUT2D eigenvalue weighted by Crippen LogP contribution is -2.43. The summed E-state index contributed by atoms with van der Waals surface area (Å²) in [6, 6.07) is 4.39. The number of ether oxygens (including phenoxy) is 1. The molecule has 1 aliphatic carbocycles. The van der Waals surface area contributed by atoms with Gasteiger partial charge in [0.2, 0.25) is 0 Å². The second-order valence-corrected chi connectivity index (χ2v) is 5.30. The average molecular weight is 217 g/mol. The van der Waals surface area contributed by atoms with Crippen LogP contribution in [0.1, 0.15) is 36.8 Å². The molecule has 0 atom stereocenters. The molecule has 16 heavy (non-hydrogen) atoms. The molecular weight excluding hydrogens is 198 g/mol. The van der Waals surface area contributed by atoms with E-state index in [1.165, 1.54) is 42.5 Å². The van der Waals surface area contributed by atoms with Crippen molar-refractivity contribution >= 4 is 5.69 Å². The second-order valence-electron chi connectivity index (χ2n) is 5.30. The van der Waals surface area contributed by atoms with Crippen LogP contribution >= 0.6 is 0 Å². The molecule has 0 amide bonds. The lowest BCUT2D eigenvalue weighted by Gasteiger charge is -2.37. The predicted molar refractivity (Wildman–Crippen MR) is 66.2 cm³/mol. The zero-order valence-corrected chi connectivity index (χ0v) is 10.1. The first kappa shape index (κ1) is 10.0. The van der Waals surface area contributed by atoms with Crippen LogP contribution in [-0.4, -0.2) is 12.1 Å². The Bertz CT molecular complexity index is 419. The van der Waals surface area contributed by atoms with Crippen molar-refractivity contribution in [1.82, 2.24) is 0 Å². The molecule has 3 rings (SSSR count). The first-order chi connectivity index (χ1) is 7.69. The highest BCUT2D eigenvalue weighted by Gasteiger charge is 2.39. The van der Waals surface area contributed by atoms with Crippen molar-refractivity contribution in [3.63, 3.8) is 0 Å². The van der Waals surface area contributed by atoms with E-state index in [-0.39, 0.29) is 5.60 Å². The average Bonchev–Trinajstić information content (AvgIpc) is 2.68. The van der Waals surface area contributed by atoms with Crippen LogP contribution in [0.3, 0.4) is 0 Å². The molecule has 0 bridgehead atoms. The standard InChI is InChI=1S/C14H19NO/c1-10-7-11(2)13-12(8-10)15-9-14(16-13)5-3-4-6-14/h7-8,15H,3-6,9H2,1-2H3. The fraction of sp³-hybridized carbons (Fsp3) is 0.571. The van der Waals surface area contributed by atoms with Crippen molar-refractivity contribution in [3.05, 3.63) is 23.3 Å². The highest BCUT2D eigenvalue weighted by molar-refractivity contribution is 5.63. The zero-order valence-electron chi connectivity index (χ0n) is 10.1. The Morgan fingerprint density at radius 3 is 2.69 bits per heavy atom. The Morgan fingerprint density at radius 1 is 1.19 bits per heavy atom. The van der Waals surface area contributed by atoms with Crippen molar-refractivity contribution in [2.75, 3.05) is 11.9 Å². The molecule has 1 spiro atoms. The number of nitrogens with one attached hydrogen (secondary N) is 1. The van der Waals surface area contributed by atoms with E-state index in [1.54, 1.807) is 0 Å². The molecule has 1 heterocycles. The van der Waals surface area contributed by atoms with Crippen LogP contribution in [0, 0.1) is 13.8 Å². The van der Waals surface area contributed by atoms with Crippen molar-refractivity contribution in [3.8, 4) is 5.75 Å². The normalized spacial score (nSPS) is 21.4. The summed E-state index contributed by atoms with van der Waals surface area (Å²) >= 11 is 0. The van der Waals surface area contributed by atoms with Crippen molar-refractivity contribution in [2.24, 2.45) is 0 Å². The quantitative estimate of drug-likeness (QED) is 0.719. The van der Waals surface area contributed by atoms with Gasteiger partial charge in [-0.15, -0.1) is 0 Å². The fourth-order valence-corrected chi connectivity index (χ4v) is 3.03. The molecule has 0 saturated heterocycles.